The molecule has 5 heteroatoms. The molecule has 1 heterocycles. The minimum atomic E-state index is -0.00194. The van der Waals surface area contributed by atoms with Gasteiger partial charge in [-0.2, -0.15) is 0 Å². The average Bonchev–Trinajstić information content (AvgIpc) is 2.78. The molecule has 2 rings (SSSR count). The highest BCUT2D eigenvalue weighted by Gasteiger charge is 2.22. The molecular weight excluding hydrogens is 292 g/mol. The summed E-state index contributed by atoms with van der Waals surface area (Å²) >= 11 is 0. The third-order valence-corrected chi connectivity index (χ3v) is 4.07. The van der Waals surface area contributed by atoms with Gasteiger partial charge in [0.25, 0.3) is 0 Å². The van der Waals surface area contributed by atoms with E-state index in [9.17, 15) is 4.79 Å². The van der Waals surface area contributed by atoms with E-state index in [1.54, 1.807) is 0 Å². The van der Waals surface area contributed by atoms with E-state index in [1.807, 2.05) is 23.1 Å². The summed E-state index contributed by atoms with van der Waals surface area (Å²) in [5.74, 6) is 0.279. The number of amides is 2. The first kappa shape index (κ1) is 17.8. The fourth-order valence-electron chi connectivity index (χ4n) is 2.57. The van der Waals surface area contributed by atoms with Crippen LogP contribution in [0.4, 0.5) is 4.79 Å². The molecule has 23 heavy (non-hydrogen) atoms. The standard InChI is InChI=1S/C18H28N2O3/c1-15(13-23-14-17-6-4-3-5-7-17)12-19-18(21)20-9-11-22-10-8-16(20)2/h3-7,15-16H,8-14H2,1-2H3,(H,19,21)/t15-,16-/m1/s1. The number of nitrogens with zero attached hydrogens (tertiary/aromatic N) is 1. The van der Waals surface area contributed by atoms with Gasteiger partial charge in [0, 0.05) is 25.7 Å². The minimum absolute atomic E-state index is 0.00194. The van der Waals surface area contributed by atoms with Crippen molar-refractivity contribution in [1.29, 1.82) is 0 Å². The number of hydrogen-bond donors (Lipinski definition) is 1. The van der Waals surface area contributed by atoms with Crippen molar-refractivity contribution in [3.63, 3.8) is 0 Å². The van der Waals surface area contributed by atoms with Gasteiger partial charge in [-0.15, -0.1) is 0 Å². The van der Waals surface area contributed by atoms with Crippen LogP contribution in [0.3, 0.4) is 0 Å². The highest BCUT2D eigenvalue weighted by Crippen LogP contribution is 2.09. The molecular formula is C18H28N2O3. The van der Waals surface area contributed by atoms with Crippen molar-refractivity contribution in [3.8, 4) is 0 Å². The van der Waals surface area contributed by atoms with Gasteiger partial charge in [0.15, 0.2) is 0 Å². The van der Waals surface area contributed by atoms with Crippen LogP contribution in [-0.4, -0.2) is 49.9 Å². The topological polar surface area (TPSA) is 50.8 Å². The number of nitrogens with one attached hydrogen (secondary N) is 1. The molecule has 0 aromatic heterocycles. The van der Waals surface area contributed by atoms with Gasteiger partial charge in [-0.3, -0.25) is 0 Å². The highest BCUT2D eigenvalue weighted by molar-refractivity contribution is 5.74. The molecule has 1 aliphatic rings. The first-order chi connectivity index (χ1) is 11.2. The van der Waals surface area contributed by atoms with E-state index in [0.717, 1.165) is 13.0 Å². The molecule has 0 bridgehead atoms. The molecule has 1 aromatic carbocycles. The lowest BCUT2D eigenvalue weighted by Gasteiger charge is -2.27. The molecule has 0 aliphatic carbocycles. The lowest BCUT2D eigenvalue weighted by atomic mass is 10.2. The normalized spacial score (nSPS) is 19.9. The van der Waals surface area contributed by atoms with Crippen molar-refractivity contribution in [2.45, 2.75) is 32.9 Å². The van der Waals surface area contributed by atoms with Gasteiger partial charge >= 0.3 is 6.03 Å². The van der Waals surface area contributed by atoms with Crippen molar-refractivity contribution >= 4 is 6.03 Å². The van der Waals surface area contributed by atoms with E-state index >= 15 is 0 Å². The number of carbonyl (C=O) groups excluding carboxylic acids is 1. The third-order valence-electron chi connectivity index (χ3n) is 4.07. The van der Waals surface area contributed by atoms with E-state index in [4.69, 9.17) is 9.47 Å². The second-order valence-electron chi connectivity index (χ2n) is 6.24. The largest absolute Gasteiger partial charge is 0.380 e. The summed E-state index contributed by atoms with van der Waals surface area (Å²) < 4.78 is 11.1. The smallest absolute Gasteiger partial charge is 0.317 e. The maximum absolute atomic E-state index is 12.3. The summed E-state index contributed by atoms with van der Waals surface area (Å²) in [5.41, 5.74) is 1.17. The quantitative estimate of drug-likeness (QED) is 0.877. The first-order valence-corrected chi connectivity index (χ1v) is 8.40. The number of benzene rings is 1. The van der Waals surface area contributed by atoms with Crippen LogP contribution in [0.2, 0.25) is 0 Å². The van der Waals surface area contributed by atoms with Gasteiger partial charge in [-0.25, -0.2) is 4.79 Å². The van der Waals surface area contributed by atoms with Crippen molar-refractivity contribution < 1.29 is 14.3 Å². The summed E-state index contributed by atoms with van der Waals surface area (Å²) in [6.07, 6.45) is 0.892. The number of carbonyl (C=O) groups is 1. The Morgan fingerprint density at radius 1 is 1.39 bits per heavy atom. The fraction of sp³-hybridized carbons (Fsp3) is 0.611. The number of ether oxygens (including phenoxy) is 2. The van der Waals surface area contributed by atoms with Gasteiger partial charge < -0.3 is 19.7 Å². The number of hydrogen-bond acceptors (Lipinski definition) is 3. The maximum atomic E-state index is 12.3. The van der Waals surface area contributed by atoms with Crippen molar-refractivity contribution in [3.05, 3.63) is 35.9 Å². The van der Waals surface area contributed by atoms with Crippen LogP contribution >= 0.6 is 0 Å². The zero-order chi connectivity index (χ0) is 16.5. The Morgan fingerprint density at radius 2 is 2.17 bits per heavy atom. The monoisotopic (exact) mass is 320 g/mol. The average molecular weight is 320 g/mol. The van der Waals surface area contributed by atoms with Gasteiger partial charge in [-0.1, -0.05) is 37.3 Å². The molecule has 0 unspecified atom stereocenters. The molecule has 1 N–H and O–H groups in total. The summed E-state index contributed by atoms with van der Waals surface area (Å²) in [6.45, 7) is 8.03. The second-order valence-corrected chi connectivity index (χ2v) is 6.24. The summed E-state index contributed by atoms with van der Waals surface area (Å²) in [6, 6.07) is 10.3. The molecule has 0 saturated carbocycles. The minimum Gasteiger partial charge on any atom is -0.380 e. The number of rotatable bonds is 6. The van der Waals surface area contributed by atoms with Gasteiger partial charge in [0.05, 0.1) is 19.8 Å². The van der Waals surface area contributed by atoms with E-state index in [0.29, 0.717) is 32.9 Å². The Bertz CT molecular complexity index is 467. The van der Waals surface area contributed by atoms with E-state index < -0.39 is 0 Å². The molecule has 2 amide bonds. The van der Waals surface area contributed by atoms with Crippen LogP contribution in [0, 0.1) is 5.92 Å². The fourth-order valence-corrected chi connectivity index (χ4v) is 2.57. The second kappa shape index (κ2) is 9.53. The summed E-state index contributed by atoms with van der Waals surface area (Å²) in [5, 5.41) is 3.01. The predicted molar refractivity (Wildman–Crippen MR) is 90.3 cm³/mol. The van der Waals surface area contributed by atoms with Crippen molar-refractivity contribution in [2.24, 2.45) is 5.92 Å². The van der Waals surface area contributed by atoms with Crippen LogP contribution in [0.15, 0.2) is 30.3 Å². The van der Waals surface area contributed by atoms with Gasteiger partial charge in [0.1, 0.15) is 0 Å². The van der Waals surface area contributed by atoms with Crippen molar-refractivity contribution in [2.75, 3.05) is 32.9 Å². The van der Waals surface area contributed by atoms with Gasteiger partial charge in [0.2, 0.25) is 0 Å². The van der Waals surface area contributed by atoms with Gasteiger partial charge in [-0.05, 0) is 24.8 Å². The molecule has 2 atom stereocenters. The molecule has 1 aromatic rings. The zero-order valence-electron chi connectivity index (χ0n) is 14.2. The van der Waals surface area contributed by atoms with E-state index in [2.05, 4.69) is 31.3 Å². The van der Waals surface area contributed by atoms with Crippen LogP contribution in [0.5, 0.6) is 0 Å². The molecule has 1 fully saturated rings. The Labute approximate surface area is 139 Å². The van der Waals surface area contributed by atoms with E-state index in [1.165, 1.54) is 5.56 Å². The molecule has 0 radical (unpaired) electrons. The van der Waals surface area contributed by atoms with Crippen LogP contribution in [0.25, 0.3) is 0 Å². The highest BCUT2D eigenvalue weighted by atomic mass is 16.5. The van der Waals surface area contributed by atoms with Crippen LogP contribution < -0.4 is 5.32 Å². The zero-order valence-corrected chi connectivity index (χ0v) is 14.2. The Morgan fingerprint density at radius 3 is 2.96 bits per heavy atom. The van der Waals surface area contributed by atoms with Crippen molar-refractivity contribution in [1.82, 2.24) is 10.2 Å². The molecule has 5 nitrogen and oxygen atoms in total. The van der Waals surface area contributed by atoms with E-state index in [-0.39, 0.29) is 18.0 Å². The summed E-state index contributed by atoms with van der Waals surface area (Å²) in [7, 11) is 0. The maximum Gasteiger partial charge on any atom is 0.317 e. The molecule has 128 valence electrons. The molecule has 1 aliphatic heterocycles. The van der Waals surface area contributed by atoms with Crippen LogP contribution in [-0.2, 0) is 16.1 Å². The third kappa shape index (κ3) is 6.20. The first-order valence-electron chi connectivity index (χ1n) is 8.40. The SMILES string of the molecule is C[C@H](CNC(=O)N1CCOCC[C@H]1C)COCc1ccccc1. The Balaban J connectivity index is 1.65. The lowest BCUT2D eigenvalue weighted by Crippen LogP contribution is -2.46. The molecule has 0 spiro atoms. The predicted octanol–water partition coefficient (Wildman–Crippen LogP) is 2.66. The Hall–Kier alpha value is -1.59. The number of urea groups is 1. The lowest BCUT2D eigenvalue weighted by molar-refractivity contribution is 0.0913. The Kier molecular flexibility index (Phi) is 7.36. The molecule has 1 saturated heterocycles. The van der Waals surface area contributed by atoms with Crippen LogP contribution in [0.1, 0.15) is 25.8 Å². The summed E-state index contributed by atoms with van der Waals surface area (Å²) in [4.78, 5) is 14.1.